The van der Waals surface area contributed by atoms with E-state index in [1.54, 1.807) is 36.7 Å². The van der Waals surface area contributed by atoms with E-state index in [-0.39, 0.29) is 5.70 Å². The van der Waals surface area contributed by atoms with Crippen molar-refractivity contribution in [2.24, 2.45) is 0 Å². The first kappa shape index (κ1) is 22.4. The van der Waals surface area contributed by atoms with Gasteiger partial charge in [0.2, 0.25) is 0 Å². The Bertz CT molecular complexity index is 1070. The van der Waals surface area contributed by atoms with Crippen molar-refractivity contribution in [1.82, 2.24) is 25.0 Å². The lowest BCUT2D eigenvalue weighted by atomic mass is 10.0. The molecule has 4 rings (SSSR count). The molecule has 1 fully saturated rings. The second-order valence-corrected chi connectivity index (χ2v) is 9.20. The number of hydrogen-bond acceptors (Lipinski definition) is 8. The number of fused-ring (bicyclic) bond motifs is 1. The van der Waals surface area contributed by atoms with Crippen molar-refractivity contribution in [1.29, 1.82) is 0 Å². The Morgan fingerprint density at radius 1 is 1.34 bits per heavy atom. The third-order valence-electron chi connectivity index (χ3n) is 5.21. The van der Waals surface area contributed by atoms with Crippen molar-refractivity contribution in [2.75, 3.05) is 11.5 Å². The van der Waals surface area contributed by atoms with Crippen molar-refractivity contribution in [3.8, 4) is 0 Å². The molecular formula is C20H21N5O5S2. The minimum atomic E-state index is -1.41. The molecule has 0 spiro atoms. The highest BCUT2D eigenvalue weighted by Crippen LogP contribution is 2.41. The summed E-state index contributed by atoms with van der Waals surface area (Å²) >= 11 is 2.74. The van der Waals surface area contributed by atoms with Gasteiger partial charge in [0, 0.05) is 18.1 Å². The SMILES string of the molecule is CCn1cnnc1SCC1=C(C(=O)O)N2C(=O)C(NC(=O)C(O)c3ccccc3)[C@H]2SC1. The number of aliphatic carboxylic acids is 1. The number of carbonyl (C=O) groups is 3. The lowest BCUT2D eigenvalue weighted by Crippen LogP contribution is -2.70. The Morgan fingerprint density at radius 2 is 2.09 bits per heavy atom. The molecule has 0 bridgehead atoms. The molecule has 2 aliphatic heterocycles. The van der Waals surface area contributed by atoms with Crippen LogP contribution in [0.25, 0.3) is 0 Å². The zero-order valence-corrected chi connectivity index (χ0v) is 18.7. The Labute approximate surface area is 192 Å². The van der Waals surface area contributed by atoms with E-state index >= 15 is 0 Å². The fourth-order valence-electron chi connectivity index (χ4n) is 3.54. The fourth-order valence-corrected chi connectivity index (χ4v) is 6.00. The third kappa shape index (κ3) is 4.12. The maximum absolute atomic E-state index is 12.8. The predicted octanol–water partition coefficient (Wildman–Crippen LogP) is 0.862. The first-order valence-electron chi connectivity index (χ1n) is 9.86. The van der Waals surface area contributed by atoms with E-state index in [0.29, 0.717) is 34.3 Å². The summed E-state index contributed by atoms with van der Waals surface area (Å²) in [5.41, 5.74) is 0.968. The number of hydrogen-bond donors (Lipinski definition) is 3. The molecule has 3 N–H and O–H groups in total. The molecule has 1 saturated heterocycles. The zero-order valence-electron chi connectivity index (χ0n) is 17.0. The number of β-lactam (4-membered cyclic amide) rings is 1. The van der Waals surface area contributed by atoms with Crippen LogP contribution in [0.5, 0.6) is 0 Å². The Kier molecular flexibility index (Phi) is 6.53. The third-order valence-corrected chi connectivity index (χ3v) is 7.61. The topological polar surface area (TPSA) is 138 Å². The summed E-state index contributed by atoms with van der Waals surface area (Å²) in [7, 11) is 0. The molecule has 168 valence electrons. The van der Waals surface area contributed by atoms with E-state index < -0.39 is 35.3 Å². The number of aliphatic hydroxyl groups excluding tert-OH is 1. The van der Waals surface area contributed by atoms with Crippen LogP contribution in [0, 0.1) is 0 Å². The van der Waals surface area contributed by atoms with Gasteiger partial charge in [-0.15, -0.1) is 22.0 Å². The van der Waals surface area contributed by atoms with Crippen molar-refractivity contribution in [3.63, 3.8) is 0 Å². The van der Waals surface area contributed by atoms with Crippen molar-refractivity contribution < 1.29 is 24.6 Å². The molecule has 1 aromatic carbocycles. The second kappa shape index (κ2) is 9.35. The van der Waals surface area contributed by atoms with Gasteiger partial charge in [0.25, 0.3) is 11.8 Å². The first-order chi connectivity index (χ1) is 15.4. The summed E-state index contributed by atoms with van der Waals surface area (Å²) in [6.07, 6.45) is 0.195. The maximum atomic E-state index is 12.8. The summed E-state index contributed by atoms with van der Waals surface area (Å²) in [4.78, 5) is 38.4. The fraction of sp³-hybridized carbons (Fsp3) is 0.350. The zero-order chi connectivity index (χ0) is 22.8. The van der Waals surface area contributed by atoms with Gasteiger partial charge in [-0.25, -0.2) is 4.79 Å². The average Bonchev–Trinajstić information content (AvgIpc) is 3.27. The number of nitrogens with one attached hydrogen (secondary N) is 1. The number of amides is 2. The normalized spacial score (nSPS) is 21.1. The minimum Gasteiger partial charge on any atom is -0.477 e. The second-order valence-electron chi connectivity index (χ2n) is 7.15. The number of aliphatic hydroxyl groups is 1. The lowest BCUT2D eigenvalue weighted by molar-refractivity contribution is -0.151. The number of carboxylic acid groups (broad SMARTS) is 1. The van der Waals surface area contributed by atoms with E-state index in [9.17, 15) is 24.6 Å². The van der Waals surface area contributed by atoms with E-state index in [2.05, 4.69) is 15.5 Å². The van der Waals surface area contributed by atoms with Crippen molar-refractivity contribution >= 4 is 41.3 Å². The Hall–Kier alpha value is -2.83. The van der Waals surface area contributed by atoms with Crippen LogP contribution in [-0.2, 0) is 20.9 Å². The highest BCUT2D eigenvalue weighted by Gasteiger charge is 2.54. The molecule has 2 aromatic rings. The summed E-state index contributed by atoms with van der Waals surface area (Å²) in [5, 5.41) is 30.6. The van der Waals surface area contributed by atoms with Crippen molar-refractivity contribution in [2.45, 2.75) is 36.1 Å². The molecule has 10 nitrogen and oxygen atoms in total. The van der Waals surface area contributed by atoms with Gasteiger partial charge in [0.1, 0.15) is 23.4 Å². The minimum absolute atomic E-state index is 0.0529. The van der Waals surface area contributed by atoms with E-state index in [1.165, 1.54) is 28.4 Å². The maximum Gasteiger partial charge on any atom is 0.352 e. The molecule has 3 heterocycles. The summed E-state index contributed by atoms with van der Waals surface area (Å²) in [6.45, 7) is 2.65. The number of carbonyl (C=O) groups excluding carboxylic acids is 2. The predicted molar refractivity (Wildman–Crippen MR) is 118 cm³/mol. The van der Waals surface area contributed by atoms with Gasteiger partial charge in [0.15, 0.2) is 11.3 Å². The van der Waals surface area contributed by atoms with Crippen LogP contribution < -0.4 is 5.32 Å². The standard InChI is InChI=1S/C20H21N5O5S2/c1-2-24-10-21-23-20(24)32-9-12-8-31-18-13(17(28)25(18)14(12)19(29)30)22-16(27)15(26)11-6-4-3-5-7-11/h3-7,10,13,15,18,26H,2,8-9H2,1H3,(H,22,27)(H,29,30)/t13?,15?,18-/m1/s1. The molecule has 2 unspecified atom stereocenters. The molecule has 0 radical (unpaired) electrons. The number of benzene rings is 1. The van der Waals surface area contributed by atoms with Crippen LogP contribution in [0.15, 0.2) is 53.1 Å². The van der Waals surface area contributed by atoms with Gasteiger partial charge in [-0.3, -0.25) is 14.5 Å². The average molecular weight is 476 g/mol. The van der Waals surface area contributed by atoms with Crippen LogP contribution in [0.3, 0.4) is 0 Å². The lowest BCUT2D eigenvalue weighted by Gasteiger charge is -2.49. The van der Waals surface area contributed by atoms with Gasteiger partial charge in [0.05, 0.1) is 0 Å². The Balaban J connectivity index is 1.46. The highest BCUT2D eigenvalue weighted by molar-refractivity contribution is 8.01. The first-order valence-corrected chi connectivity index (χ1v) is 11.9. The quantitative estimate of drug-likeness (QED) is 0.375. The van der Waals surface area contributed by atoms with Gasteiger partial charge >= 0.3 is 5.97 Å². The number of aromatic nitrogens is 3. The molecule has 0 saturated carbocycles. The number of carboxylic acids is 1. The van der Waals surface area contributed by atoms with Crippen LogP contribution >= 0.6 is 23.5 Å². The molecule has 3 atom stereocenters. The summed E-state index contributed by atoms with van der Waals surface area (Å²) < 4.78 is 1.85. The number of aryl methyl sites for hydroxylation is 1. The van der Waals surface area contributed by atoms with E-state index in [4.69, 9.17) is 0 Å². The molecule has 2 amide bonds. The molecular weight excluding hydrogens is 454 g/mol. The van der Waals surface area contributed by atoms with Crippen LogP contribution in [0.1, 0.15) is 18.6 Å². The Morgan fingerprint density at radius 3 is 2.78 bits per heavy atom. The van der Waals surface area contributed by atoms with Crippen LogP contribution in [0.4, 0.5) is 0 Å². The number of thioether (sulfide) groups is 2. The van der Waals surface area contributed by atoms with Crippen LogP contribution in [0.2, 0.25) is 0 Å². The molecule has 1 aromatic heterocycles. The number of rotatable bonds is 8. The summed E-state index contributed by atoms with van der Waals surface area (Å²) in [5.74, 6) is -1.64. The van der Waals surface area contributed by atoms with Gasteiger partial charge in [-0.05, 0) is 18.1 Å². The van der Waals surface area contributed by atoms with Gasteiger partial charge in [-0.1, -0.05) is 42.1 Å². The van der Waals surface area contributed by atoms with E-state index in [0.717, 1.165) is 0 Å². The number of nitrogens with zero attached hydrogens (tertiary/aromatic N) is 4. The summed E-state index contributed by atoms with van der Waals surface area (Å²) in [6, 6.07) is 7.50. The smallest absolute Gasteiger partial charge is 0.352 e. The molecule has 12 heteroatoms. The largest absolute Gasteiger partial charge is 0.477 e. The van der Waals surface area contributed by atoms with Crippen LogP contribution in [-0.4, -0.2) is 70.6 Å². The molecule has 32 heavy (non-hydrogen) atoms. The molecule has 0 aliphatic carbocycles. The van der Waals surface area contributed by atoms with Gasteiger partial charge < -0.3 is 20.1 Å². The van der Waals surface area contributed by atoms with Crippen molar-refractivity contribution in [3.05, 3.63) is 53.5 Å². The molecule has 2 aliphatic rings. The van der Waals surface area contributed by atoms with Gasteiger partial charge in [-0.2, -0.15) is 0 Å². The van der Waals surface area contributed by atoms with E-state index in [1.807, 2.05) is 11.5 Å². The monoisotopic (exact) mass is 475 g/mol. The highest BCUT2D eigenvalue weighted by atomic mass is 32.2.